The first kappa shape index (κ1) is 11.4. The average molecular weight is 231 g/mol. The summed E-state index contributed by atoms with van der Waals surface area (Å²) in [5.74, 6) is -0.453. The molecule has 1 N–H and O–H groups in total. The first-order chi connectivity index (χ1) is 8.19. The zero-order valence-corrected chi connectivity index (χ0v) is 9.53. The summed E-state index contributed by atoms with van der Waals surface area (Å²) in [5, 5.41) is 2.05. The Morgan fingerprint density at radius 3 is 2.47 bits per heavy atom. The van der Waals surface area contributed by atoms with E-state index in [2.05, 4.69) is 12.2 Å². The van der Waals surface area contributed by atoms with Gasteiger partial charge in [-0.2, -0.15) is 0 Å². The van der Waals surface area contributed by atoms with Crippen molar-refractivity contribution in [2.75, 3.05) is 0 Å². The largest absolute Gasteiger partial charge is 0.419 e. The van der Waals surface area contributed by atoms with Crippen LogP contribution < -0.4 is 5.32 Å². The molecule has 1 saturated heterocycles. The SMILES string of the molecule is CCCc1ccc(/C=C2\OC(=O)NC2=O)cc1. The van der Waals surface area contributed by atoms with E-state index in [1.807, 2.05) is 24.3 Å². The van der Waals surface area contributed by atoms with Gasteiger partial charge in [0.15, 0.2) is 5.76 Å². The van der Waals surface area contributed by atoms with Crippen LogP contribution in [-0.2, 0) is 16.0 Å². The minimum atomic E-state index is -0.719. The van der Waals surface area contributed by atoms with E-state index in [0.29, 0.717) is 0 Å². The Morgan fingerprint density at radius 1 is 1.24 bits per heavy atom. The number of imide groups is 1. The predicted molar refractivity (Wildman–Crippen MR) is 63.0 cm³/mol. The Hall–Kier alpha value is -2.10. The maximum absolute atomic E-state index is 11.2. The van der Waals surface area contributed by atoms with Gasteiger partial charge >= 0.3 is 6.09 Å². The molecule has 1 heterocycles. The topological polar surface area (TPSA) is 55.4 Å². The third-order valence-electron chi connectivity index (χ3n) is 2.46. The lowest BCUT2D eigenvalue weighted by atomic mass is 10.1. The fourth-order valence-corrected chi connectivity index (χ4v) is 1.64. The quantitative estimate of drug-likeness (QED) is 0.812. The zero-order valence-electron chi connectivity index (χ0n) is 9.53. The number of nitrogens with one attached hydrogen (secondary N) is 1. The van der Waals surface area contributed by atoms with Crippen molar-refractivity contribution in [1.29, 1.82) is 0 Å². The van der Waals surface area contributed by atoms with E-state index in [0.717, 1.165) is 18.4 Å². The molecular weight excluding hydrogens is 218 g/mol. The van der Waals surface area contributed by atoms with Gasteiger partial charge in [0.25, 0.3) is 5.91 Å². The van der Waals surface area contributed by atoms with Crippen molar-refractivity contribution in [2.45, 2.75) is 19.8 Å². The molecular formula is C13H13NO3. The van der Waals surface area contributed by atoms with Gasteiger partial charge in [-0.3, -0.25) is 10.1 Å². The van der Waals surface area contributed by atoms with Gasteiger partial charge in [-0.25, -0.2) is 4.79 Å². The highest BCUT2D eigenvalue weighted by Gasteiger charge is 2.25. The molecule has 1 aliphatic heterocycles. The lowest BCUT2D eigenvalue weighted by Crippen LogP contribution is -2.18. The minimum absolute atomic E-state index is 0.0400. The van der Waals surface area contributed by atoms with E-state index in [9.17, 15) is 9.59 Å². The molecule has 1 aromatic rings. The molecule has 2 amide bonds. The van der Waals surface area contributed by atoms with E-state index in [1.54, 1.807) is 6.08 Å². The Morgan fingerprint density at radius 2 is 1.94 bits per heavy atom. The van der Waals surface area contributed by atoms with E-state index < -0.39 is 12.0 Å². The third kappa shape index (κ3) is 2.72. The Kier molecular flexibility index (Phi) is 3.23. The number of rotatable bonds is 3. The maximum atomic E-state index is 11.2. The molecule has 0 atom stereocenters. The lowest BCUT2D eigenvalue weighted by molar-refractivity contribution is -0.116. The molecule has 2 rings (SSSR count). The summed E-state index contributed by atoms with van der Waals surface area (Å²) in [4.78, 5) is 22.0. The molecule has 1 aromatic carbocycles. The highest BCUT2D eigenvalue weighted by molar-refractivity contribution is 6.09. The first-order valence-corrected chi connectivity index (χ1v) is 5.53. The van der Waals surface area contributed by atoms with Crippen molar-refractivity contribution in [3.8, 4) is 0 Å². The summed E-state index contributed by atoms with van der Waals surface area (Å²) >= 11 is 0. The van der Waals surface area contributed by atoms with Gasteiger partial charge in [0.2, 0.25) is 0 Å². The van der Waals surface area contributed by atoms with Gasteiger partial charge in [-0.15, -0.1) is 0 Å². The average Bonchev–Trinajstić information content (AvgIpc) is 2.61. The van der Waals surface area contributed by atoms with Gasteiger partial charge in [0, 0.05) is 0 Å². The molecule has 17 heavy (non-hydrogen) atoms. The van der Waals surface area contributed by atoms with Gasteiger partial charge < -0.3 is 4.74 Å². The van der Waals surface area contributed by atoms with Crippen LogP contribution in [0.25, 0.3) is 6.08 Å². The molecule has 0 aromatic heterocycles. The van der Waals surface area contributed by atoms with Crippen LogP contribution in [0, 0.1) is 0 Å². The van der Waals surface area contributed by atoms with Gasteiger partial charge in [0.05, 0.1) is 0 Å². The number of alkyl carbamates (subject to hydrolysis) is 1. The number of hydrogen-bond donors (Lipinski definition) is 1. The van der Waals surface area contributed by atoms with Gasteiger partial charge in [-0.1, -0.05) is 37.6 Å². The van der Waals surface area contributed by atoms with E-state index in [-0.39, 0.29) is 5.76 Å². The summed E-state index contributed by atoms with van der Waals surface area (Å²) in [7, 11) is 0. The lowest BCUT2D eigenvalue weighted by Gasteiger charge is -1.99. The molecule has 4 nitrogen and oxygen atoms in total. The normalized spacial score (nSPS) is 17.1. The second-order valence-electron chi connectivity index (χ2n) is 3.84. The summed E-state index contributed by atoms with van der Waals surface area (Å²) in [5.41, 5.74) is 2.09. The Bertz CT molecular complexity index is 474. The van der Waals surface area contributed by atoms with E-state index in [4.69, 9.17) is 4.74 Å². The van der Waals surface area contributed by atoms with Crippen LogP contribution in [0.15, 0.2) is 30.0 Å². The Balaban J connectivity index is 2.16. The van der Waals surface area contributed by atoms with Gasteiger partial charge in [0.1, 0.15) is 0 Å². The maximum Gasteiger partial charge on any atom is 0.419 e. The number of carbonyl (C=O) groups excluding carboxylic acids is 2. The van der Waals surface area contributed by atoms with Crippen molar-refractivity contribution in [2.24, 2.45) is 0 Å². The van der Waals surface area contributed by atoms with Crippen LogP contribution in [0.4, 0.5) is 4.79 Å². The highest BCUT2D eigenvalue weighted by atomic mass is 16.6. The molecule has 88 valence electrons. The first-order valence-electron chi connectivity index (χ1n) is 5.53. The smallest absolute Gasteiger partial charge is 0.404 e. The second-order valence-corrected chi connectivity index (χ2v) is 3.84. The molecule has 4 heteroatoms. The fourth-order valence-electron chi connectivity index (χ4n) is 1.64. The van der Waals surface area contributed by atoms with Crippen molar-refractivity contribution in [3.63, 3.8) is 0 Å². The number of cyclic esters (lactones) is 1. The van der Waals surface area contributed by atoms with Crippen molar-refractivity contribution in [3.05, 3.63) is 41.2 Å². The van der Waals surface area contributed by atoms with Crippen molar-refractivity contribution in [1.82, 2.24) is 5.32 Å². The molecule has 0 aliphatic carbocycles. The summed E-state index contributed by atoms with van der Waals surface area (Å²) in [6, 6.07) is 7.81. The Labute approximate surface area is 99.3 Å². The number of hydrogen-bond acceptors (Lipinski definition) is 3. The molecule has 0 bridgehead atoms. The number of carbonyl (C=O) groups is 2. The molecule has 0 radical (unpaired) electrons. The molecule has 0 spiro atoms. The highest BCUT2D eigenvalue weighted by Crippen LogP contribution is 2.14. The summed E-state index contributed by atoms with van der Waals surface area (Å²) in [6.45, 7) is 2.12. The number of amides is 2. The fraction of sp³-hybridized carbons (Fsp3) is 0.231. The van der Waals surface area contributed by atoms with Crippen LogP contribution in [0.2, 0.25) is 0 Å². The zero-order chi connectivity index (χ0) is 12.3. The van der Waals surface area contributed by atoms with Crippen LogP contribution in [0.1, 0.15) is 24.5 Å². The minimum Gasteiger partial charge on any atom is -0.404 e. The summed E-state index contributed by atoms with van der Waals surface area (Å²) < 4.78 is 4.72. The standard InChI is InChI=1S/C13H13NO3/c1-2-3-9-4-6-10(7-5-9)8-11-12(15)14-13(16)17-11/h4-8H,2-3H2,1H3,(H,14,15,16)/b11-8-. The molecule has 1 fully saturated rings. The van der Waals surface area contributed by atoms with Crippen LogP contribution in [-0.4, -0.2) is 12.0 Å². The number of aryl methyl sites for hydroxylation is 1. The molecule has 0 unspecified atom stereocenters. The molecule has 0 saturated carbocycles. The van der Waals surface area contributed by atoms with Crippen LogP contribution in [0.5, 0.6) is 0 Å². The predicted octanol–water partition coefficient (Wildman–Crippen LogP) is 2.25. The monoisotopic (exact) mass is 231 g/mol. The van der Waals surface area contributed by atoms with E-state index in [1.165, 1.54) is 5.56 Å². The van der Waals surface area contributed by atoms with E-state index >= 15 is 0 Å². The van der Waals surface area contributed by atoms with Crippen LogP contribution in [0.3, 0.4) is 0 Å². The van der Waals surface area contributed by atoms with Crippen molar-refractivity contribution >= 4 is 18.1 Å². The summed E-state index contributed by atoms with van der Waals surface area (Å²) in [6.07, 6.45) is 2.96. The number of benzene rings is 1. The van der Waals surface area contributed by atoms with Gasteiger partial charge in [-0.05, 0) is 23.6 Å². The van der Waals surface area contributed by atoms with Crippen LogP contribution >= 0.6 is 0 Å². The third-order valence-corrected chi connectivity index (χ3v) is 2.46. The van der Waals surface area contributed by atoms with Crippen molar-refractivity contribution < 1.29 is 14.3 Å². The molecule has 1 aliphatic rings. The second kappa shape index (κ2) is 4.82. The number of ether oxygens (including phenoxy) is 1.